The fourth-order valence-corrected chi connectivity index (χ4v) is 2.83. The van der Waals surface area contributed by atoms with Crippen LogP contribution in [0, 0.1) is 5.92 Å². The van der Waals surface area contributed by atoms with Gasteiger partial charge in [-0.15, -0.1) is 0 Å². The van der Waals surface area contributed by atoms with Crippen molar-refractivity contribution in [1.29, 1.82) is 0 Å². The van der Waals surface area contributed by atoms with E-state index in [1.165, 1.54) is 5.69 Å². The molecule has 4 heteroatoms. The Morgan fingerprint density at radius 1 is 1.37 bits per heavy atom. The van der Waals surface area contributed by atoms with Crippen LogP contribution < -0.4 is 15.4 Å². The first-order chi connectivity index (χ1) is 9.02. The van der Waals surface area contributed by atoms with Crippen LogP contribution in [0.15, 0.2) is 18.2 Å². The van der Waals surface area contributed by atoms with E-state index < -0.39 is 0 Å². The first-order valence-corrected chi connectivity index (χ1v) is 6.96. The maximum atomic E-state index is 5.93. The molecule has 1 aromatic carbocycles. The molecule has 0 spiro atoms. The number of rotatable bonds is 4. The Hall–Kier alpha value is -1.42. The number of ether oxygens (including phenoxy) is 1. The number of hydrogen-bond donors (Lipinski definition) is 1. The first-order valence-electron chi connectivity index (χ1n) is 6.96. The van der Waals surface area contributed by atoms with Crippen molar-refractivity contribution in [3.8, 4) is 5.75 Å². The normalized spacial score (nSPS) is 23.1. The summed E-state index contributed by atoms with van der Waals surface area (Å²) in [5, 5.41) is 0. The van der Waals surface area contributed by atoms with E-state index in [2.05, 4.69) is 43.0 Å². The largest absolute Gasteiger partial charge is 0.492 e. The van der Waals surface area contributed by atoms with Crippen molar-refractivity contribution in [3.05, 3.63) is 18.2 Å². The molecule has 0 radical (unpaired) electrons. The molecule has 1 fully saturated rings. The van der Waals surface area contributed by atoms with Crippen LogP contribution in [0.3, 0.4) is 0 Å². The number of hydrogen-bond acceptors (Lipinski definition) is 4. The van der Waals surface area contributed by atoms with Gasteiger partial charge >= 0.3 is 0 Å². The molecule has 106 valence electrons. The molecule has 1 aliphatic rings. The van der Waals surface area contributed by atoms with E-state index in [1.807, 2.05) is 13.0 Å². The summed E-state index contributed by atoms with van der Waals surface area (Å²) in [5.41, 5.74) is 7.84. The zero-order chi connectivity index (χ0) is 14.0. The summed E-state index contributed by atoms with van der Waals surface area (Å²) in [6, 6.07) is 6.69. The molecular formula is C15H25N3O. The van der Waals surface area contributed by atoms with Crippen LogP contribution >= 0.6 is 0 Å². The molecule has 0 aromatic heterocycles. The third-order valence-electron chi connectivity index (χ3n) is 3.90. The van der Waals surface area contributed by atoms with Crippen LogP contribution in [0.5, 0.6) is 5.75 Å². The Bertz CT molecular complexity index is 433. The van der Waals surface area contributed by atoms with Crippen molar-refractivity contribution >= 4 is 11.4 Å². The topological polar surface area (TPSA) is 41.7 Å². The predicted octanol–water partition coefficient (Wildman–Crippen LogP) is 2.05. The van der Waals surface area contributed by atoms with Crippen LogP contribution in [0.4, 0.5) is 11.4 Å². The van der Waals surface area contributed by atoms with E-state index in [9.17, 15) is 0 Å². The van der Waals surface area contributed by atoms with E-state index in [1.54, 1.807) is 0 Å². The van der Waals surface area contributed by atoms with Gasteiger partial charge in [-0.1, -0.05) is 6.92 Å². The Balaban J connectivity index is 2.17. The molecule has 2 N–H and O–H groups in total. The minimum Gasteiger partial charge on any atom is -0.492 e. The molecule has 1 aromatic rings. The average Bonchev–Trinajstić information content (AvgIpc) is 2.74. The molecule has 1 aliphatic heterocycles. The molecule has 2 rings (SSSR count). The number of nitrogens with zero attached hydrogens (tertiary/aromatic N) is 2. The van der Waals surface area contributed by atoms with Crippen LogP contribution in [0.25, 0.3) is 0 Å². The van der Waals surface area contributed by atoms with Gasteiger partial charge in [-0.25, -0.2) is 0 Å². The highest BCUT2D eigenvalue weighted by atomic mass is 16.5. The van der Waals surface area contributed by atoms with Crippen LogP contribution in [-0.2, 0) is 0 Å². The van der Waals surface area contributed by atoms with Crippen LogP contribution in [0.1, 0.15) is 13.8 Å². The quantitative estimate of drug-likeness (QED) is 0.844. The average molecular weight is 263 g/mol. The lowest BCUT2D eigenvalue weighted by Gasteiger charge is -2.23. The van der Waals surface area contributed by atoms with Gasteiger partial charge < -0.3 is 20.3 Å². The lowest BCUT2D eigenvalue weighted by atomic mass is 10.1. The Labute approximate surface area is 116 Å². The fourth-order valence-electron chi connectivity index (χ4n) is 2.83. The third kappa shape index (κ3) is 2.95. The number of likely N-dealkylation sites (N-methyl/N-ethyl adjacent to an activating group) is 1. The van der Waals surface area contributed by atoms with E-state index in [0.29, 0.717) is 24.3 Å². The van der Waals surface area contributed by atoms with Crippen molar-refractivity contribution in [1.82, 2.24) is 4.90 Å². The summed E-state index contributed by atoms with van der Waals surface area (Å²) >= 11 is 0. The van der Waals surface area contributed by atoms with Crippen molar-refractivity contribution in [3.63, 3.8) is 0 Å². The molecule has 2 unspecified atom stereocenters. The lowest BCUT2D eigenvalue weighted by Crippen LogP contribution is -2.34. The standard InChI is InChI=1S/C15H25N3O/c1-5-19-15-8-12(6-7-13(15)16)18-9-11(2)14(10-18)17(3)4/h6-8,11,14H,5,9-10,16H2,1-4H3. The highest BCUT2D eigenvalue weighted by Crippen LogP contribution is 2.31. The van der Waals surface area contributed by atoms with Gasteiger partial charge in [-0.3, -0.25) is 0 Å². The fraction of sp³-hybridized carbons (Fsp3) is 0.600. The molecule has 1 saturated heterocycles. The summed E-state index contributed by atoms with van der Waals surface area (Å²) in [6.07, 6.45) is 0. The maximum absolute atomic E-state index is 5.93. The number of nitrogen functional groups attached to an aromatic ring is 1. The second-order valence-electron chi connectivity index (χ2n) is 5.57. The first kappa shape index (κ1) is 14.0. The summed E-state index contributed by atoms with van der Waals surface area (Å²) in [4.78, 5) is 4.72. The molecule has 0 aliphatic carbocycles. The van der Waals surface area contributed by atoms with Gasteiger partial charge in [0.15, 0.2) is 0 Å². The molecular weight excluding hydrogens is 238 g/mol. The summed E-state index contributed by atoms with van der Waals surface area (Å²) < 4.78 is 5.58. The van der Waals surface area contributed by atoms with Gasteiger partial charge in [-0.05, 0) is 39.1 Å². The molecule has 0 amide bonds. The molecule has 19 heavy (non-hydrogen) atoms. The Morgan fingerprint density at radius 3 is 2.68 bits per heavy atom. The van der Waals surface area contributed by atoms with E-state index in [0.717, 1.165) is 18.8 Å². The highest BCUT2D eigenvalue weighted by Gasteiger charge is 2.31. The SMILES string of the molecule is CCOc1cc(N2CC(C)C(N(C)C)C2)ccc1N. The summed E-state index contributed by atoms with van der Waals surface area (Å²) in [6.45, 7) is 7.07. The molecule has 2 atom stereocenters. The summed E-state index contributed by atoms with van der Waals surface area (Å²) in [7, 11) is 4.30. The molecule has 1 heterocycles. The zero-order valence-corrected chi connectivity index (χ0v) is 12.4. The van der Waals surface area contributed by atoms with Crippen molar-refractivity contribution in [2.45, 2.75) is 19.9 Å². The predicted molar refractivity (Wildman–Crippen MR) is 80.9 cm³/mol. The minimum absolute atomic E-state index is 0.605. The Morgan fingerprint density at radius 2 is 2.11 bits per heavy atom. The van der Waals surface area contributed by atoms with Crippen molar-refractivity contribution in [2.24, 2.45) is 5.92 Å². The molecule has 0 saturated carbocycles. The number of benzene rings is 1. The van der Waals surface area contributed by atoms with Gasteiger partial charge in [0.25, 0.3) is 0 Å². The van der Waals surface area contributed by atoms with Gasteiger partial charge in [0.05, 0.1) is 12.3 Å². The monoisotopic (exact) mass is 263 g/mol. The second-order valence-corrected chi connectivity index (χ2v) is 5.57. The highest BCUT2D eigenvalue weighted by molar-refractivity contribution is 5.62. The van der Waals surface area contributed by atoms with Crippen LogP contribution in [-0.4, -0.2) is 44.7 Å². The maximum Gasteiger partial charge on any atom is 0.144 e. The third-order valence-corrected chi connectivity index (χ3v) is 3.90. The van der Waals surface area contributed by atoms with Gasteiger partial charge in [0.2, 0.25) is 0 Å². The summed E-state index contributed by atoms with van der Waals surface area (Å²) in [5.74, 6) is 1.46. The van der Waals surface area contributed by atoms with Gasteiger partial charge in [-0.2, -0.15) is 0 Å². The van der Waals surface area contributed by atoms with Crippen LogP contribution in [0.2, 0.25) is 0 Å². The molecule has 4 nitrogen and oxygen atoms in total. The smallest absolute Gasteiger partial charge is 0.144 e. The van der Waals surface area contributed by atoms with Gasteiger partial charge in [0.1, 0.15) is 5.75 Å². The Kier molecular flexibility index (Phi) is 4.20. The van der Waals surface area contributed by atoms with E-state index >= 15 is 0 Å². The minimum atomic E-state index is 0.605. The lowest BCUT2D eigenvalue weighted by molar-refractivity contribution is 0.266. The van der Waals surface area contributed by atoms with E-state index in [4.69, 9.17) is 10.5 Å². The van der Waals surface area contributed by atoms with Gasteiger partial charge in [0, 0.05) is 30.9 Å². The number of anilines is 2. The van der Waals surface area contributed by atoms with E-state index in [-0.39, 0.29) is 0 Å². The second kappa shape index (κ2) is 5.70. The molecule has 0 bridgehead atoms. The van der Waals surface area contributed by atoms with Crippen molar-refractivity contribution in [2.75, 3.05) is 44.4 Å². The zero-order valence-electron chi connectivity index (χ0n) is 12.4. The van der Waals surface area contributed by atoms with Crippen molar-refractivity contribution < 1.29 is 4.74 Å². The number of nitrogens with two attached hydrogens (primary N) is 1.